The lowest BCUT2D eigenvalue weighted by Crippen LogP contribution is -2.49. The highest BCUT2D eigenvalue weighted by Gasteiger charge is 2.35. The first-order valence-electron chi connectivity index (χ1n) is 9.08. The molecular formula is C17H32N2O2. The van der Waals surface area contributed by atoms with Crippen LogP contribution in [-0.4, -0.2) is 55.6 Å². The molecule has 0 aromatic heterocycles. The van der Waals surface area contributed by atoms with Crippen molar-refractivity contribution in [1.82, 2.24) is 10.2 Å². The molecule has 0 aliphatic carbocycles. The Labute approximate surface area is 129 Å². The van der Waals surface area contributed by atoms with Gasteiger partial charge >= 0.3 is 0 Å². The molecule has 0 saturated carbocycles. The van der Waals surface area contributed by atoms with Gasteiger partial charge in [0.15, 0.2) is 6.29 Å². The first-order valence-corrected chi connectivity index (χ1v) is 9.08. The van der Waals surface area contributed by atoms with Gasteiger partial charge in [0.2, 0.25) is 0 Å². The zero-order valence-electron chi connectivity index (χ0n) is 13.6. The third-order valence-electron chi connectivity index (χ3n) is 5.30. The summed E-state index contributed by atoms with van der Waals surface area (Å²) in [4.78, 5) is 2.68. The summed E-state index contributed by atoms with van der Waals surface area (Å²) in [7, 11) is 0. The highest BCUT2D eigenvalue weighted by Crippen LogP contribution is 2.29. The fourth-order valence-corrected chi connectivity index (χ4v) is 4.23. The molecule has 0 aromatic carbocycles. The normalized spacial score (nSPS) is 36.3. The summed E-state index contributed by atoms with van der Waals surface area (Å²) in [5, 5.41) is 3.75. The molecule has 2 bridgehead atoms. The van der Waals surface area contributed by atoms with Gasteiger partial charge in [0.05, 0.1) is 6.61 Å². The first kappa shape index (κ1) is 15.7. The van der Waals surface area contributed by atoms with E-state index in [2.05, 4.69) is 17.1 Å². The van der Waals surface area contributed by atoms with Gasteiger partial charge in [-0.05, 0) is 57.9 Å². The van der Waals surface area contributed by atoms with Crippen molar-refractivity contribution in [2.45, 2.75) is 82.7 Å². The molecule has 3 rings (SSSR count). The Kier molecular flexibility index (Phi) is 5.92. The van der Waals surface area contributed by atoms with E-state index in [1.165, 1.54) is 51.5 Å². The van der Waals surface area contributed by atoms with E-state index in [9.17, 15) is 0 Å². The van der Waals surface area contributed by atoms with Gasteiger partial charge in [-0.3, -0.25) is 4.90 Å². The minimum atomic E-state index is 0.0615. The van der Waals surface area contributed by atoms with E-state index in [4.69, 9.17) is 9.47 Å². The van der Waals surface area contributed by atoms with Crippen molar-refractivity contribution in [2.24, 2.45) is 0 Å². The zero-order valence-corrected chi connectivity index (χ0v) is 13.6. The zero-order chi connectivity index (χ0) is 14.5. The van der Waals surface area contributed by atoms with Gasteiger partial charge in [-0.15, -0.1) is 0 Å². The van der Waals surface area contributed by atoms with Crippen LogP contribution in [0.25, 0.3) is 0 Å². The average Bonchev–Trinajstić information content (AvgIpc) is 2.86. The van der Waals surface area contributed by atoms with Crippen LogP contribution >= 0.6 is 0 Å². The van der Waals surface area contributed by atoms with E-state index in [0.29, 0.717) is 0 Å². The molecular weight excluding hydrogens is 264 g/mol. The lowest BCUT2D eigenvalue weighted by molar-refractivity contribution is -0.165. The van der Waals surface area contributed by atoms with Crippen LogP contribution in [0.4, 0.5) is 0 Å². The van der Waals surface area contributed by atoms with Crippen LogP contribution < -0.4 is 5.32 Å². The molecule has 21 heavy (non-hydrogen) atoms. The number of nitrogens with one attached hydrogen (secondary N) is 1. The second-order valence-corrected chi connectivity index (χ2v) is 6.97. The summed E-state index contributed by atoms with van der Waals surface area (Å²) in [5.41, 5.74) is 0. The molecule has 3 unspecified atom stereocenters. The molecule has 3 atom stereocenters. The Bertz CT molecular complexity index is 295. The van der Waals surface area contributed by atoms with Crippen LogP contribution in [-0.2, 0) is 9.47 Å². The van der Waals surface area contributed by atoms with Gasteiger partial charge in [0, 0.05) is 31.3 Å². The second-order valence-electron chi connectivity index (χ2n) is 6.97. The monoisotopic (exact) mass is 296 g/mol. The molecule has 4 heteroatoms. The second kappa shape index (κ2) is 7.91. The molecule has 3 saturated heterocycles. The average molecular weight is 296 g/mol. The largest absolute Gasteiger partial charge is 0.353 e. The predicted octanol–water partition coefficient (Wildman–Crippen LogP) is 2.52. The Balaban J connectivity index is 1.43. The summed E-state index contributed by atoms with van der Waals surface area (Å²) in [6.45, 7) is 6.26. The number of hydrogen-bond acceptors (Lipinski definition) is 4. The molecule has 3 aliphatic rings. The third-order valence-corrected chi connectivity index (χ3v) is 5.30. The van der Waals surface area contributed by atoms with Crippen LogP contribution in [0, 0.1) is 0 Å². The lowest BCUT2D eigenvalue weighted by atomic mass is 9.98. The Morgan fingerprint density at radius 2 is 1.90 bits per heavy atom. The number of ether oxygens (including phenoxy) is 2. The topological polar surface area (TPSA) is 33.7 Å². The lowest BCUT2D eigenvalue weighted by Gasteiger charge is -2.38. The Morgan fingerprint density at radius 3 is 2.57 bits per heavy atom. The molecule has 0 spiro atoms. The van der Waals surface area contributed by atoms with Crippen molar-refractivity contribution in [3.63, 3.8) is 0 Å². The van der Waals surface area contributed by atoms with E-state index >= 15 is 0 Å². The van der Waals surface area contributed by atoms with Crippen molar-refractivity contribution < 1.29 is 9.47 Å². The number of piperidine rings is 1. The molecule has 0 aromatic rings. The minimum Gasteiger partial charge on any atom is -0.353 e. The smallest absolute Gasteiger partial charge is 0.157 e. The summed E-state index contributed by atoms with van der Waals surface area (Å²) in [5.74, 6) is 0. The molecule has 0 radical (unpaired) electrons. The van der Waals surface area contributed by atoms with Gasteiger partial charge < -0.3 is 14.8 Å². The number of hydrogen-bond donors (Lipinski definition) is 1. The maximum atomic E-state index is 5.94. The van der Waals surface area contributed by atoms with E-state index in [-0.39, 0.29) is 6.29 Å². The maximum Gasteiger partial charge on any atom is 0.157 e. The van der Waals surface area contributed by atoms with Crippen LogP contribution in [0.15, 0.2) is 0 Å². The van der Waals surface area contributed by atoms with Gasteiger partial charge in [-0.25, -0.2) is 0 Å². The summed E-state index contributed by atoms with van der Waals surface area (Å²) < 4.78 is 11.6. The number of rotatable bonds is 7. The van der Waals surface area contributed by atoms with Crippen molar-refractivity contribution in [3.8, 4) is 0 Å². The van der Waals surface area contributed by atoms with Gasteiger partial charge in [-0.1, -0.05) is 6.92 Å². The van der Waals surface area contributed by atoms with Gasteiger partial charge in [0.25, 0.3) is 0 Å². The summed E-state index contributed by atoms with van der Waals surface area (Å²) >= 11 is 0. The van der Waals surface area contributed by atoms with Gasteiger partial charge in [-0.2, -0.15) is 0 Å². The molecule has 122 valence electrons. The third kappa shape index (κ3) is 4.41. The van der Waals surface area contributed by atoms with Gasteiger partial charge in [0.1, 0.15) is 0 Å². The van der Waals surface area contributed by atoms with Crippen LogP contribution in [0.5, 0.6) is 0 Å². The van der Waals surface area contributed by atoms with Crippen molar-refractivity contribution in [3.05, 3.63) is 0 Å². The van der Waals surface area contributed by atoms with Crippen LogP contribution in [0.1, 0.15) is 58.3 Å². The molecule has 3 heterocycles. The van der Waals surface area contributed by atoms with Crippen molar-refractivity contribution in [2.75, 3.05) is 26.3 Å². The molecule has 1 N–H and O–H groups in total. The van der Waals surface area contributed by atoms with E-state index in [1.54, 1.807) is 0 Å². The fourth-order valence-electron chi connectivity index (χ4n) is 4.23. The number of fused-ring (bicyclic) bond motifs is 2. The predicted molar refractivity (Wildman–Crippen MR) is 84.4 cm³/mol. The van der Waals surface area contributed by atoms with Crippen LogP contribution in [0.3, 0.4) is 0 Å². The minimum absolute atomic E-state index is 0.0615. The SMILES string of the molecule is CCCN(CCOC1CCCCO1)C1CC2CCC(C1)N2. The fraction of sp³-hybridized carbons (Fsp3) is 1.00. The highest BCUT2D eigenvalue weighted by atomic mass is 16.7. The van der Waals surface area contributed by atoms with E-state index in [0.717, 1.165) is 44.3 Å². The van der Waals surface area contributed by atoms with Crippen molar-refractivity contribution in [1.29, 1.82) is 0 Å². The maximum absolute atomic E-state index is 5.94. The molecule has 3 aliphatic heterocycles. The molecule has 3 fully saturated rings. The van der Waals surface area contributed by atoms with Crippen molar-refractivity contribution >= 4 is 0 Å². The quantitative estimate of drug-likeness (QED) is 0.783. The Morgan fingerprint density at radius 1 is 1.10 bits per heavy atom. The summed E-state index contributed by atoms with van der Waals surface area (Å²) in [6.07, 6.45) is 10.2. The number of nitrogens with zero attached hydrogens (tertiary/aromatic N) is 1. The standard InChI is InChI=1S/C17H32N2O2/c1-2-8-19(9-11-21-17-5-3-4-10-20-17)16-12-14-6-7-15(13-16)18-14/h14-18H,2-13H2,1H3. The van der Waals surface area contributed by atoms with E-state index < -0.39 is 0 Å². The first-order chi connectivity index (χ1) is 10.3. The van der Waals surface area contributed by atoms with E-state index in [1.807, 2.05) is 0 Å². The Hall–Kier alpha value is -0.160. The van der Waals surface area contributed by atoms with Crippen LogP contribution in [0.2, 0.25) is 0 Å². The highest BCUT2D eigenvalue weighted by molar-refractivity contribution is 4.95. The summed E-state index contributed by atoms with van der Waals surface area (Å²) in [6, 6.07) is 2.31. The molecule has 0 amide bonds. The molecule has 4 nitrogen and oxygen atoms in total.